The Morgan fingerprint density at radius 2 is 1.72 bits per heavy atom. The molecule has 0 radical (unpaired) electrons. The number of benzene rings is 1. The summed E-state index contributed by atoms with van der Waals surface area (Å²) in [6.07, 6.45) is -1.01. The number of rotatable bonds is 7. The molecule has 0 aromatic heterocycles. The van der Waals surface area contributed by atoms with E-state index in [1.165, 1.54) is 11.9 Å². The zero-order chi connectivity index (χ0) is 29.1. The van der Waals surface area contributed by atoms with E-state index in [1.807, 2.05) is 65.0 Å². The van der Waals surface area contributed by atoms with Crippen molar-refractivity contribution in [2.45, 2.75) is 90.9 Å². The van der Waals surface area contributed by atoms with Gasteiger partial charge in [0.1, 0.15) is 18.7 Å². The molecule has 3 rings (SSSR count). The van der Waals surface area contributed by atoms with Gasteiger partial charge in [-0.05, 0) is 38.2 Å². The minimum Gasteiger partial charge on any atom is -0.445 e. The summed E-state index contributed by atoms with van der Waals surface area (Å²) in [4.78, 5) is 56.7. The van der Waals surface area contributed by atoms with E-state index in [0.29, 0.717) is 13.0 Å². The van der Waals surface area contributed by atoms with Crippen LogP contribution in [0.2, 0.25) is 0 Å². The van der Waals surface area contributed by atoms with Crippen molar-refractivity contribution in [1.29, 1.82) is 0 Å². The molecule has 39 heavy (non-hydrogen) atoms. The van der Waals surface area contributed by atoms with Crippen LogP contribution in [0.25, 0.3) is 0 Å². The third kappa shape index (κ3) is 7.00. The fraction of sp³-hybridized carbons (Fsp3) is 0.643. The molecule has 11 heteroatoms. The molecular formula is C28H43N5O6. The van der Waals surface area contributed by atoms with Crippen LogP contribution in [0, 0.1) is 5.41 Å². The fourth-order valence-electron chi connectivity index (χ4n) is 5.10. The molecule has 2 aliphatic heterocycles. The van der Waals surface area contributed by atoms with Crippen LogP contribution in [0.4, 0.5) is 9.59 Å². The van der Waals surface area contributed by atoms with Crippen LogP contribution >= 0.6 is 0 Å². The maximum atomic E-state index is 13.8. The van der Waals surface area contributed by atoms with E-state index < -0.39 is 41.6 Å². The molecule has 1 aromatic rings. The highest BCUT2D eigenvalue weighted by Crippen LogP contribution is 2.34. The van der Waals surface area contributed by atoms with Crippen molar-refractivity contribution in [3.63, 3.8) is 0 Å². The summed E-state index contributed by atoms with van der Waals surface area (Å²) in [6, 6.07) is 6.25. The number of aliphatic hydroxyl groups is 1. The zero-order valence-corrected chi connectivity index (χ0v) is 24.0. The van der Waals surface area contributed by atoms with Crippen molar-refractivity contribution in [2.24, 2.45) is 5.41 Å². The van der Waals surface area contributed by atoms with Gasteiger partial charge < -0.3 is 30.3 Å². The summed E-state index contributed by atoms with van der Waals surface area (Å²) in [6.45, 7) is 11.4. The molecule has 0 bridgehead atoms. The standard InChI is InChI=1S/C28H43N5O6/c1-17(2)29-26(37)33-15-21(34)22-20(33)13-14-32(22)25(36)23(28(4,5)6)30-24(35)18(3)31(7)27(38)39-16-19-11-9-8-10-12-19/h8-12,17-18,20-23,34H,13-16H2,1-7H3,(H,29,37)(H,30,35)/t18-,20+,21-,22-,23+/m0/s1. The van der Waals surface area contributed by atoms with E-state index in [-0.39, 0.29) is 37.2 Å². The quantitative estimate of drug-likeness (QED) is 0.480. The number of ether oxygens (including phenoxy) is 1. The number of β-amino-alcohol motifs (C(OH)–C–C–N with tert-alkyl or cyclic N) is 1. The second-order valence-corrected chi connectivity index (χ2v) is 11.8. The second kappa shape index (κ2) is 12.2. The first kappa shape index (κ1) is 30.2. The lowest BCUT2D eigenvalue weighted by Gasteiger charge is -2.37. The van der Waals surface area contributed by atoms with E-state index >= 15 is 0 Å². The Balaban J connectivity index is 1.67. The molecular weight excluding hydrogens is 502 g/mol. The van der Waals surface area contributed by atoms with Crippen LogP contribution in [-0.4, -0.2) is 100 Å². The van der Waals surface area contributed by atoms with E-state index in [0.717, 1.165) is 5.56 Å². The van der Waals surface area contributed by atoms with Gasteiger partial charge in [0, 0.05) is 19.6 Å². The molecule has 2 fully saturated rings. The highest BCUT2D eigenvalue weighted by molar-refractivity contribution is 5.92. The molecule has 2 heterocycles. The average molecular weight is 546 g/mol. The van der Waals surface area contributed by atoms with Gasteiger partial charge >= 0.3 is 12.1 Å². The van der Waals surface area contributed by atoms with E-state index in [9.17, 15) is 24.3 Å². The SMILES string of the molecule is CC(C)NC(=O)N1C[C@H](O)[C@@H]2[C@H]1CCN2C(=O)[C@@H](NC(=O)[C@H](C)N(C)C(=O)OCc1ccccc1)C(C)(C)C. The molecule has 1 aromatic carbocycles. The highest BCUT2D eigenvalue weighted by Gasteiger charge is 2.53. The number of fused-ring (bicyclic) bond motifs is 1. The minimum atomic E-state index is -0.911. The molecule has 2 aliphatic rings. The third-order valence-electron chi connectivity index (χ3n) is 7.41. The van der Waals surface area contributed by atoms with E-state index in [2.05, 4.69) is 10.6 Å². The topological polar surface area (TPSA) is 132 Å². The number of carbonyl (C=O) groups is 4. The molecule has 11 nitrogen and oxygen atoms in total. The molecule has 0 spiro atoms. The summed E-state index contributed by atoms with van der Waals surface area (Å²) >= 11 is 0. The Bertz CT molecular complexity index is 1040. The number of hydrogen-bond acceptors (Lipinski definition) is 6. The number of likely N-dealkylation sites (tertiary alicyclic amines) is 2. The van der Waals surface area contributed by atoms with Crippen LogP contribution in [0.5, 0.6) is 0 Å². The predicted molar refractivity (Wildman–Crippen MR) is 146 cm³/mol. The lowest BCUT2D eigenvalue weighted by atomic mass is 9.85. The zero-order valence-electron chi connectivity index (χ0n) is 24.0. The van der Waals surface area contributed by atoms with Crippen LogP contribution in [-0.2, 0) is 20.9 Å². The second-order valence-electron chi connectivity index (χ2n) is 11.8. The number of nitrogens with one attached hydrogen (secondary N) is 2. The molecule has 3 N–H and O–H groups in total. The van der Waals surface area contributed by atoms with Crippen molar-refractivity contribution in [2.75, 3.05) is 20.1 Å². The van der Waals surface area contributed by atoms with Crippen molar-refractivity contribution < 1.29 is 29.0 Å². The van der Waals surface area contributed by atoms with Gasteiger partial charge in [0.2, 0.25) is 11.8 Å². The molecule has 2 saturated heterocycles. The lowest BCUT2D eigenvalue weighted by Crippen LogP contribution is -2.60. The summed E-state index contributed by atoms with van der Waals surface area (Å²) in [5, 5.41) is 16.5. The van der Waals surface area contributed by atoms with Gasteiger partial charge in [-0.1, -0.05) is 51.1 Å². The summed E-state index contributed by atoms with van der Waals surface area (Å²) in [5.74, 6) is -0.821. The molecule has 5 amide bonds. The van der Waals surface area contributed by atoms with Crippen LogP contribution in [0.1, 0.15) is 53.5 Å². The maximum Gasteiger partial charge on any atom is 0.410 e. The Morgan fingerprint density at radius 1 is 1.08 bits per heavy atom. The number of likely N-dealkylation sites (N-methyl/N-ethyl adjacent to an activating group) is 1. The van der Waals surface area contributed by atoms with Crippen molar-refractivity contribution in [3.05, 3.63) is 35.9 Å². The van der Waals surface area contributed by atoms with Gasteiger partial charge in [0.15, 0.2) is 0 Å². The van der Waals surface area contributed by atoms with Gasteiger partial charge in [-0.25, -0.2) is 9.59 Å². The largest absolute Gasteiger partial charge is 0.445 e. The van der Waals surface area contributed by atoms with E-state index in [1.54, 1.807) is 16.7 Å². The van der Waals surface area contributed by atoms with Crippen LogP contribution in [0.15, 0.2) is 30.3 Å². The van der Waals surface area contributed by atoms with Crippen LogP contribution < -0.4 is 10.6 Å². The third-order valence-corrected chi connectivity index (χ3v) is 7.41. The molecule has 5 atom stereocenters. The van der Waals surface area contributed by atoms with Gasteiger partial charge in [0.25, 0.3) is 0 Å². The number of aliphatic hydroxyl groups excluding tert-OH is 1. The van der Waals surface area contributed by atoms with Gasteiger partial charge in [0.05, 0.1) is 24.7 Å². The molecule has 0 unspecified atom stereocenters. The first-order chi connectivity index (χ1) is 18.2. The first-order valence-electron chi connectivity index (χ1n) is 13.5. The Morgan fingerprint density at radius 3 is 2.31 bits per heavy atom. The molecule has 0 saturated carbocycles. The molecule has 0 aliphatic carbocycles. The average Bonchev–Trinajstić information content (AvgIpc) is 3.45. The highest BCUT2D eigenvalue weighted by atomic mass is 16.6. The fourth-order valence-corrected chi connectivity index (χ4v) is 5.10. The van der Waals surface area contributed by atoms with Gasteiger partial charge in [-0.3, -0.25) is 14.5 Å². The van der Waals surface area contributed by atoms with Crippen LogP contribution in [0.3, 0.4) is 0 Å². The van der Waals surface area contributed by atoms with Gasteiger partial charge in [-0.15, -0.1) is 0 Å². The van der Waals surface area contributed by atoms with Crippen molar-refractivity contribution in [3.8, 4) is 0 Å². The maximum absolute atomic E-state index is 13.8. The molecule has 216 valence electrons. The smallest absolute Gasteiger partial charge is 0.410 e. The lowest BCUT2D eigenvalue weighted by molar-refractivity contribution is -0.142. The Kier molecular flexibility index (Phi) is 9.47. The minimum absolute atomic E-state index is 0.0518. The number of urea groups is 1. The van der Waals surface area contributed by atoms with E-state index in [4.69, 9.17) is 4.74 Å². The normalized spacial score (nSPS) is 22.2. The number of amides is 5. The predicted octanol–water partition coefficient (Wildman–Crippen LogP) is 1.94. The van der Waals surface area contributed by atoms with Crippen molar-refractivity contribution >= 4 is 23.9 Å². The number of carbonyl (C=O) groups excluding carboxylic acids is 4. The Hall–Kier alpha value is -3.34. The summed E-state index contributed by atoms with van der Waals surface area (Å²) < 4.78 is 5.34. The first-order valence-corrected chi connectivity index (χ1v) is 13.5. The Labute approximate surface area is 230 Å². The summed E-state index contributed by atoms with van der Waals surface area (Å²) in [7, 11) is 1.47. The monoisotopic (exact) mass is 545 g/mol. The summed E-state index contributed by atoms with van der Waals surface area (Å²) in [5.41, 5.74) is 0.169. The van der Waals surface area contributed by atoms with Gasteiger partial charge in [-0.2, -0.15) is 0 Å². The number of hydrogen-bond donors (Lipinski definition) is 3. The number of nitrogens with zero attached hydrogens (tertiary/aromatic N) is 3. The van der Waals surface area contributed by atoms with Crippen molar-refractivity contribution in [1.82, 2.24) is 25.3 Å².